The summed E-state index contributed by atoms with van der Waals surface area (Å²) in [7, 11) is -0.713. The Morgan fingerprint density at radius 3 is 2.24 bits per heavy atom. The topological polar surface area (TPSA) is 162 Å². The second-order valence-electron chi connectivity index (χ2n) is 9.47. The largest absolute Gasteiger partial charge is 0.510 e. The Morgan fingerprint density at radius 1 is 1.03 bits per heavy atom. The summed E-state index contributed by atoms with van der Waals surface area (Å²) in [6.07, 6.45) is -1.78. The molecule has 2 N–H and O–H groups in total. The number of carboxylic acids is 1. The van der Waals surface area contributed by atoms with Crippen molar-refractivity contribution in [2.75, 3.05) is 6.79 Å². The summed E-state index contributed by atoms with van der Waals surface area (Å²) >= 11 is 0. The molecule has 0 heterocycles. The molecule has 38 heavy (non-hydrogen) atoms. The molecule has 0 unspecified atom stereocenters. The van der Waals surface area contributed by atoms with E-state index in [0.717, 1.165) is 5.56 Å². The van der Waals surface area contributed by atoms with Crippen LogP contribution in [0.3, 0.4) is 0 Å². The highest BCUT2D eigenvalue weighted by Crippen LogP contribution is 2.20. The number of hydrogen-bond donors (Lipinski definition) is 2. The lowest BCUT2D eigenvalue weighted by atomic mass is 9.89. The third-order valence-electron chi connectivity index (χ3n) is 5.81. The first kappa shape index (κ1) is 32.9. The molecule has 11 nitrogen and oxygen atoms in total. The van der Waals surface area contributed by atoms with E-state index in [1.165, 1.54) is 13.8 Å². The van der Waals surface area contributed by atoms with Crippen LogP contribution in [0, 0.1) is 17.8 Å². The first-order valence-corrected chi connectivity index (χ1v) is 13.0. The molecule has 0 aromatic heterocycles. The van der Waals surface area contributed by atoms with E-state index in [1.54, 1.807) is 0 Å². The molecule has 0 bridgehead atoms. The van der Waals surface area contributed by atoms with Crippen molar-refractivity contribution in [2.24, 2.45) is 17.8 Å². The maximum absolute atomic E-state index is 13.2. The van der Waals surface area contributed by atoms with E-state index in [9.17, 15) is 33.6 Å². The minimum atomic E-state index is -1.41. The molecule has 1 aromatic carbocycles. The van der Waals surface area contributed by atoms with Crippen LogP contribution in [0.5, 0.6) is 0 Å². The fourth-order valence-electron chi connectivity index (χ4n) is 3.87. The van der Waals surface area contributed by atoms with Gasteiger partial charge in [0.2, 0.25) is 12.7 Å². The third-order valence-corrected chi connectivity index (χ3v) is 6.02. The SMILES string of the molecule is CC(=O)C[C@@H](CCc1ccccc1)C(=O)N[C@@H](CC(C)C)C(=O)C[C@H](C(=O)O)[C@@H](C)OC(=O)OCOP=O. The van der Waals surface area contributed by atoms with Crippen LogP contribution in [0.4, 0.5) is 4.79 Å². The predicted octanol–water partition coefficient (Wildman–Crippen LogP) is 4.13. The molecule has 0 spiro atoms. The number of nitrogens with one attached hydrogen (secondary N) is 1. The van der Waals surface area contributed by atoms with Crippen LogP contribution in [0.25, 0.3) is 0 Å². The van der Waals surface area contributed by atoms with Gasteiger partial charge in [0.15, 0.2) is 5.78 Å². The number of carbonyl (C=O) groups is 5. The van der Waals surface area contributed by atoms with Gasteiger partial charge in [-0.05, 0) is 44.6 Å². The van der Waals surface area contributed by atoms with Gasteiger partial charge in [-0.25, -0.2) is 9.36 Å². The number of amides is 1. The van der Waals surface area contributed by atoms with Crippen molar-refractivity contribution in [2.45, 2.75) is 71.9 Å². The van der Waals surface area contributed by atoms with E-state index < -0.39 is 69.7 Å². The van der Waals surface area contributed by atoms with Gasteiger partial charge in [-0.2, -0.15) is 0 Å². The molecule has 0 saturated carbocycles. The van der Waals surface area contributed by atoms with E-state index in [2.05, 4.69) is 14.6 Å². The highest BCUT2D eigenvalue weighted by atomic mass is 31.1. The lowest BCUT2D eigenvalue weighted by molar-refractivity contribution is -0.148. The lowest BCUT2D eigenvalue weighted by Gasteiger charge is -2.25. The zero-order valence-corrected chi connectivity index (χ0v) is 23.0. The summed E-state index contributed by atoms with van der Waals surface area (Å²) in [5.74, 6) is -4.60. The minimum Gasteiger partial charge on any atom is -0.481 e. The van der Waals surface area contributed by atoms with Crippen LogP contribution in [0.15, 0.2) is 30.3 Å². The van der Waals surface area contributed by atoms with Crippen molar-refractivity contribution >= 4 is 38.3 Å². The van der Waals surface area contributed by atoms with Gasteiger partial charge in [0.25, 0.3) is 0 Å². The van der Waals surface area contributed by atoms with E-state index in [4.69, 9.17) is 4.74 Å². The number of aryl methyl sites for hydroxylation is 1. The van der Waals surface area contributed by atoms with Crippen LogP contribution in [-0.4, -0.2) is 53.6 Å². The summed E-state index contributed by atoms with van der Waals surface area (Å²) in [6, 6.07) is 8.52. The number of hydrogen-bond acceptors (Lipinski definition) is 9. The smallest absolute Gasteiger partial charge is 0.481 e. The van der Waals surface area contributed by atoms with Gasteiger partial charge in [0, 0.05) is 18.8 Å². The van der Waals surface area contributed by atoms with Gasteiger partial charge < -0.3 is 24.7 Å². The number of Topliss-reactive ketones (excluding diaryl/α,β-unsaturated/α-hetero) is 2. The standard InChI is InChI=1S/C26H36NO10P/c1-16(2)12-22(23(29)14-21(25(31)32)18(4)37-26(33)35-15-36-38-34)27-24(30)20(13-17(3)28)11-10-19-8-6-5-7-9-19/h5-9,16,18,20-22H,10-15H2,1-4H3,(H,27,30)(H,31,32)/t18-,20-,21+,22+/m1/s1. The first-order valence-electron chi connectivity index (χ1n) is 12.3. The first-order chi connectivity index (χ1) is 17.9. The Labute approximate surface area is 223 Å². The molecule has 12 heteroatoms. The molecule has 1 aromatic rings. The molecule has 0 aliphatic heterocycles. The number of rotatable bonds is 18. The maximum Gasteiger partial charge on any atom is 0.510 e. The highest BCUT2D eigenvalue weighted by Gasteiger charge is 2.34. The summed E-state index contributed by atoms with van der Waals surface area (Å²) < 4.78 is 23.9. The van der Waals surface area contributed by atoms with Gasteiger partial charge in [-0.1, -0.05) is 44.2 Å². The predicted molar refractivity (Wildman–Crippen MR) is 136 cm³/mol. The summed E-state index contributed by atoms with van der Waals surface area (Å²) in [4.78, 5) is 61.8. The van der Waals surface area contributed by atoms with Crippen LogP contribution in [0.2, 0.25) is 0 Å². The molecule has 1 amide bonds. The van der Waals surface area contributed by atoms with Crippen molar-refractivity contribution < 1.29 is 47.6 Å². The van der Waals surface area contributed by atoms with Crippen molar-refractivity contribution in [3.05, 3.63) is 35.9 Å². The van der Waals surface area contributed by atoms with Gasteiger partial charge in [-0.3, -0.25) is 18.9 Å². The molecular weight excluding hydrogens is 517 g/mol. The molecule has 1 rings (SSSR count). The number of carbonyl (C=O) groups excluding carboxylic acids is 4. The minimum absolute atomic E-state index is 0.00735. The quantitative estimate of drug-likeness (QED) is 0.117. The Kier molecular flexibility index (Phi) is 15.0. The van der Waals surface area contributed by atoms with Crippen LogP contribution in [0.1, 0.15) is 58.9 Å². The Balaban J connectivity index is 2.94. The Hall–Kier alpha value is -3.17. The van der Waals surface area contributed by atoms with Crippen molar-refractivity contribution in [1.82, 2.24) is 5.32 Å². The van der Waals surface area contributed by atoms with Crippen molar-refractivity contribution in [3.63, 3.8) is 0 Å². The summed E-state index contributed by atoms with van der Waals surface area (Å²) in [5.41, 5.74) is 1.01. The fraction of sp³-hybridized carbons (Fsp3) is 0.577. The zero-order chi connectivity index (χ0) is 28.7. The Morgan fingerprint density at radius 2 is 1.68 bits per heavy atom. The zero-order valence-electron chi connectivity index (χ0n) is 22.1. The van der Waals surface area contributed by atoms with Crippen LogP contribution < -0.4 is 5.32 Å². The second kappa shape index (κ2) is 17.4. The number of benzene rings is 1. The van der Waals surface area contributed by atoms with Gasteiger partial charge in [-0.15, -0.1) is 0 Å². The van der Waals surface area contributed by atoms with Crippen molar-refractivity contribution in [1.29, 1.82) is 0 Å². The molecule has 0 saturated heterocycles. The van der Waals surface area contributed by atoms with Gasteiger partial charge >= 0.3 is 20.8 Å². The number of ketones is 2. The van der Waals surface area contributed by atoms with E-state index in [0.29, 0.717) is 12.8 Å². The Bertz CT molecular complexity index is 953. The second-order valence-corrected chi connectivity index (χ2v) is 9.88. The summed E-state index contributed by atoms with van der Waals surface area (Å²) in [6.45, 7) is 5.74. The van der Waals surface area contributed by atoms with Crippen molar-refractivity contribution in [3.8, 4) is 0 Å². The van der Waals surface area contributed by atoms with E-state index in [1.807, 2.05) is 44.2 Å². The normalized spacial score (nSPS) is 14.2. The molecule has 0 radical (unpaired) electrons. The molecular formula is C26H36NO10P. The molecule has 0 fully saturated rings. The van der Waals surface area contributed by atoms with E-state index in [-0.39, 0.29) is 24.5 Å². The van der Waals surface area contributed by atoms with Gasteiger partial charge in [0.1, 0.15) is 17.8 Å². The maximum atomic E-state index is 13.2. The fourth-order valence-corrected chi connectivity index (χ4v) is 3.96. The number of ether oxygens (including phenoxy) is 2. The third kappa shape index (κ3) is 12.9. The molecule has 4 atom stereocenters. The monoisotopic (exact) mass is 553 g/mol. The number of carboxylic acid groups (broad SMARTS) is 1. The molecule has 0 aliphatic rings. The van der Waals surface area contributed by atoms with Crippen LogP contribution in [-0.2, 0) is 44.2 Å². The lowest BCUT2D eigenvalue weighted by Crippen LogP contribution is -2.46. The van der Waals surface area contributed by atoms with E-state index >= 15 is 0 Å². The average molecular weight is 554 g/mol. The molecule has 210 valence electrons. The highest BCUT2D eigenvalue weighted by molar-refractivity contribution is 7.17. The molecule has 0 aliphatic carbocycles. The average Bonchev–Trinajstić information content (AvgIpc) is 2.84. The van der Waals surface area contributed by atoms with Gasteiger partial charge in [0.05, 0.1) is 6.04 Å². The van der Waals surface area contributed by atoms with Crippen LogP contribution >= 0.6 is 8.69 Å². The number of aliphatic carboxylic acids is 1. The summed E-state index contributed by atoms with van der Waals surface area (Å²) in [5, 5.41) is 12.4.